The first-order valence-corrected chi connectivity index (χ1v) is 11.8. The molecule has 4 aromatic rings. The fourth-order valence-corrected chi connectivity index (χ4v) is 5.37. The van der Waals surface area contributed by atoms with E-state index in [1.54, 1.807) is 25.6 Å². The lowest BCUT2D eigenvalue weighted by atomic mass is 9.90. The van der Waals surface area contributed by atoms with Crippen molar-refractivity contribution in [2.45, 2.75) is 12.5 Å². The van der Waals surface area contributed by atoms with Crippen LogP contribution in [0, 0.1) is 0 Å². The van der Waals surface area contributed by atoms with E-state index in [1.165, 1.54) is 5.56 Å². The molecule has 5 rings (SSSR count). The Kier molecular flexibility index (Phi) is 5.88. The van der Waals surface area contributed by atoms with Crippen LogP contribution in [-0.2, 0) is 6.42 Å². The molecule has 1 atom stereocenters. The first-order chi connectivity index (χ1) is 16.2. The van der Waals surface area contributed by atoms with Crippen LogP contribution in [0.5, 0.6) is 11.5 Å². The van der Waals surface area contributed by atoms with Crippen molar-refractivity contribution in [3.8, 4) is 22.6 Å². The van der Waals surface area contributed by atoms with Gasteiger partial charge in [0.05, 0.1) is 20.3 Å². The number of methoxy groups -OCH3 is 2. The number of fused-ring (bicyclic) bond motifs is 1. The molecule has 0 saturated carbocycles. The molecule has 0 fully saturated rings. The van der Waals surface area contributed by atoms with E-state index < -0.39 is 0 Å². The van der Waals surface area contributed by atoms with E-state index in [2.05, 4.69) is 23.6 Å². The molecule has 0 aliphatic carbocycles. The standard InChI is InChI=1S/C28H25NO3S/c1-31-24-17-22-14-15-29(27(26-9-6-16-33-26)23(22)18-25(24)32-2)28(30)21-12-10-20(11-13-21)19-7-4-3-5-8-19/h3-13,16-18,27H,14-15H2,1-2H3. The van der Waals surface area contributed by atoms with E-state index in [-0.39, 0.29) is 11.9 Å². The van der Waals surface area contributed by atoms with Crippen LogP contribution in [0.3, 0.4) is 0 Å². The first-order valence-electron chi connectivity index (χ1n) is 10.9. The van der Waals surface area contributed by atoms with Crippen molar-refractivity contribution in [1.29, 1.82) is 0 Å². The molecule has 1 aromatic heterocycles. The molecule has 0 radical (unpaired) electrons. The third-order valence-electron chi connectivity index (χ3n) is 6.19. The lowest BCUT2D eigenvalue weighted by Crippen LogP contribution is -2.40. The Morgan fingerprint density at radius 3 is 2.24 bits per heavy atom. The number of ether oxygens (including phenoxy) is 2. The lowest BCUT2D eigenvalue weighted by Gasteiger charge is -2.37. The predicted molar refractivity (Wildman–Crippen MR) is 132 cm³/mol. The number of amides is 1. The van der Waals surface area contributed by atoms with Gasteiger partial charge in [-0.05, 0) is 64.4 Å². The van der Waals surface area contributed by atoms with Gasteiger partial charge in [0.15, 0.2) is 11.5 Å². The van der Waals surface area contributed by atoms with Gasteiger partial charge in [0.1, 0.15) is 0 Å². The smallest absolute Gasteiger partial charge is 0.254 e. The van der Waals surface area contributed by atoms with Crippen molar-refractivity contribution in [2.24, 2.45) is 0 Å². The van der Waals surface area contributed by atoms with Crippen molar-refractivity contribution < 1.29 is 14.3 Å². The average molecular weight is 456 g/mol. The van der Waals surface area contributed by atoms with Crippen LogP contribution in [0.15, 0.2) is 84.2 Å². The number of rotatable bonds is 5. The number of carbonyl (C=O) groups is 1. The van der Waals surface area contributed by atoms with Crippen molar-refractivity contribution in [3.05, 3.63) is 106 Å². The van der Waals surface area contributed by atoms with E-state index in [1.807, 2.05) is 65.6 Å². The molecule has 0 saturated heterocycles. The molecular weight excluding hydrogens is 430 g/mol. The summed E-state index contributed by atoms with van der Waals surface area (Å²) in [4.78, 5) is 16.8. The van der Waals surface area contributed by atoms with Gasteiger partial charge in [0, 0.05) is 17.0 Å². The molecule has 0 spiro atoms. The molecule has 2 heterocycles. The molecule has 5 heteroatoms. The number of hydrogen-bond donors (Lipinski definition) is 0. The van der Waals surface area contributed by atoms with Gasteiger partial charge in [-0.1, -0.05) is 48.5 Å². The number of thiophene rings is 1. The zero-order valence-electron chi connectivity index (χ0n) is 18.7. The minimum atomic E-state index is -0.158. The molecule has 1 aliphatic rings. The molecule has 0 N–H and O–H groups in total. The highest BCUT2D eigenvalue weighted by molar-refractivity contribution is 7.10. The summed E-state index contributed by atoms with van der Waals surface area (Å²) in [5, 5.41) is 2.06. The third-order valence-corrected chi connectivity index (χ3v) is 7.11. The van der Waals surface area contributed by atoms with Crippen molar-refractivity contribution in [2.75, 3.05) is 20.8 Å². The Bertz CT molecular complexity index is 1250. The molecular formula is C28H25NO3S. The van der Waals surface area contributed by atoms with Gasteiger partial charge in [-0.3, -0.25) is 4.79 Å². The van der Waals surface area contributed by atoms with E-state index in [9.17, 15) is 4.79 Å². The van der Waals surface area contributed by atoms with Gasteiger partial charge in [-0.15, -0.1) is 11.3 Å². The van der Waals surface area contributed by atoms with Crippen LogP contribution in [0.2, 0.25) is 0 Å². The van der Waals surface area contributed by atoms with E-state index >= 15 is 0 Å². The Morgan fingerprint density at radius 2 is 1.58 bits per heavy atom. The predicted octanol–water partition coefficient (Wildman–Crippen LogP) is 6.22. The Balaban J connectivity index is 1.52. The summed E-state index contributed by atoms with van der Waals surface area (Å²) in [5.74, 6) is 1.44. The number of nitrogens with zero attached hydrogens (tertiary/aromatic N) is 1. The van der Waals surface area contributed by atoms with Gasteiger partial charge < -0.3 is 14.4 Å². The highest BCUT2D eigenvalue weighted by atomic mass is 32.1. The number of benzene rings is 3. The molecule has 1 aliphatic heterocycles. The summed E-state index contributed by atoms with van der Waals surface area (Å²) in [6, 6.07) is 26.2. The fourth-order valence-electron chi connectivity index (χ4n) is 4.52. The van der Waals surface area contributed by atoms with Crippen LogP contribution >= 0.6 is 11.3 Å². The monoisotopic (exact) mass is 455 g/mol. The second kappa shape index (κ2) is 9.12. The lowest BCUT2D eigenvalue weighted by molar-refractivity contribution is 0.0697. The second-order valence-corrected chi connectivity index (χ2v) is 9.00. The van der Waals surface area contributed by atoms with Crippen LogP contribution in [0.4, 0.5) is 0 Å². The van der Waals surface area contributed by atoms with Gasteiger partial charge in [-0.25, -0.2) is 0 Å². The zero-order valence-corrected chi connectivity index (χ0v) is 19.5. The largest absolute Gasteiger partial charge is 0.493 e. The van der Waals surface area contributed by atoms with Gasteiger partial charge in [0.25, 0.3) is 5.91 Å². The number of carbonyl (C=O) groups excluding carboxylic acids is 1. The van der Waals surface area contributed by atoms with Gasteiger partial charge in [-0.2, -0.15) is 0 Å². The number of hydrogen-bond acceptors (Lipinski definition) is 4. The quantitative estimate of drug-likeness (QED) is 0.359. The van der Waals surface area contributed by atoms with Gasteiger partial charge in [0.2, 0.25) is 0 Å². The van der Waals surface area contributed by atoms with E-state index in [0.717, 1.165) is 33.7 Å². The summed E-state index contributed by atoms with van der Waals surface area (Å²) in [6.07, 6.45) is 0.769. The maximum atomic E-state index is 13.7. The van der Waals surface area contributed by atoms with E-state index in [0.29, 0.717) is 17.9 Å². The third kappa shape index (κ3) is 4.00. The molecule has 1 amide bonds. The minimum absolute atomic E-state index is 0.0356. The van der Waals surface area contributed by atoms with Crippen molar-refractivity contribution in [3.63, 3.8) is 0 Å². The summed E-state index contributed by atoms with van der Waals surface area (Å²) < 4.78 is 11.1. The van der Waals surface area contributed by atoms with Crippen LogP contribution in [0.25, 0.3) is 11.1 Å². The SMILES string of the molecule is COc1cc2c(cc1OC)C(c1cccs1)N(C(=O)c1ccc(-c3ccccc3)cc1)CC2. The second-order valence-electron chi connectivity index (χ2n) is 8.02. The molecule has 1 unspecified atom stereocenters. The summed E-state index contributed by atoms with van der Waals surface area (Å²) >= 11 is 1.67. The van der Waals surface area contributed by atoms with Crippen LogP contribution in [-0.4, -0.2) is 31.6 Å². The molecule has 3 aromatic carbocycles. The Morgan fingerprint density at radius 1 is 0.879 bits per heavy atom. The topological polar surface area (TPSA) is 38.8 Å². The van der Waals surface area contributed by atoms with Crippen LogP contribution < -0.4 is 9.47 Å². The highest BCUT2D eigenvalue weighted by Crippen LogP contribution is 2.42. The molecule has 0 bridgehead atoms. The zero-order chi connectivity index (χ0) is 22.8. The van der Waals surface area contributed by atoms with Crippen molar-refractivity contribution in [1.82, 2.24) is 4.90 Å². The summed E-state index contributed by atoms with van der Waals surface area (Å²) in [5.41, 5.74) is 5.22. The summed E-state index contributed by atoms with van der Waals surface area (Å²) in [6.45, 7) is 0.643. The van der Waals surface area contributed by atoms with Gasteiger partial charge >= 0.3 is 0 Å². The molecule has 4 nitrogen and oxygen atoms in total. The fraction of sp³-hybridized carbons (Fsp3) is 0.179. The first kappa shape index (κ1) is 21.3. The highest BCUT2D eigenvalue weighted by Gasteiger charge is 2.34. The van der Waals surface area contributed by atoms with Crippen LogP contribution in [0.1, 0.15) is 32.4 Å². The minimum Gasteiger partial charge on any atom is -0.493 e. The van der Waals surface area contributed by atoms with Crippen molar-refractivity contribution >= 4 is 17.2 Å². The summed E-state index contributed by atoms with van der Waals surface area (Å²) in [7, 11) is 3.29. The molecule has 33 heavy (non-hydrogen) atoms. The maximum absolute atomic E-state index is 13.7. The molecule has 166 valence electrons. The average Bonchev–Trinajstić information content (AvgIpc) is 3.42. The normalized spacial score (nSPS) is 15.1. The Labute approximate surface area is 198 Å². The Hall–Kier alpha value is -3.57. The maximum Gasteiger partial charge on any atom is 0.254 e. The van der Waals surface area contributed by atoms with E-state index in [4.69, 9.17) is 9.47 Å².